The van der Waals surface area contributed by atoms with Crippen molar-refractivity contribution in [2.24, 2.45) is 0 Å². The topological polar surface area (TPSA) is 46.2 Å². The van der Waals surface area contributed by atoms with Crippen LogP contribution in [0.2, 0.25) is 12.1 Å². The maximum absolute atomic E-state index is 6.47. The predicted octanol–water partition coefficient (Wildman–Crippen LogP) is 6.19. The molecule has 0 bridgehead atoms. The molecule has 0 N–H and O–H groups in total. The third-order valence-electron chi connectivity index (χ3n) is 5.26. The van der Waals surface area contributed by atoms with Gasteiger partial charge in [0.2, 0.25) is 0 Å². The summed E-state index contributed by atoms with van der Waals surface area (Å²) in [6.45, 7) is 4.50. The molecule has 5 nitrogen and oxygen atoms in total. The van der Waals surface area contributed by atoms with Crippen LogP contribution in [0.5, 0.6) is 0 Å². The molecule has 0 aromatic carbocycles. The Morgan fingerprint density at radius 3 is 1.19 bits per heavy atom. The minimum absolute atomic E-state index is 0.982. The lowest BCUT2D eigenvalue weighted by atomic mass is 10.1. The van der Waals surface area contributed by atoms with Gasteiger partial charge in [-0.1, -0.05) is 90.9 Å². The third kappa shape index (κ3) is 11.7. The van der Waals surface area contributed by atoms with Gasteiger partial charge in [-0.3, -0.25) is 0 Å². The van der Waals surface area contributed by atoms with Crippen LogP contribution < -0.4 is 0 Å². The SMILES string of the molecule is CCCCCCCC[Si](CCCCCCCC)(OC)O[Si](OC)(OC)OC. The van der Waals surface area contributed by atoms with Crippen LogP contribution in [0.4, 0.5) is 0 Å². The minimum Gasteiger partial charge on any atom is -0.398 e. The molecule has 0 aromatic heterocycles. The molecule has 0 radical (unpaired) electrons. The Balaban J connectivity index is 4.76. The van der Waals surface area contributed by atoms with Gasteiger partial charge >= 0.3 is 17.6 Å². The normalized spacial score (nSPS) is 12.7. The first-order chi connectivity index (χ1) is 13.1. The minimum atomic E-state index is -3.10. The molecule has 0 aromatic rings. The maximum Gasteiger partial charge on any atom is 0.669 e. The molecule has 0 amide bonds. The van der Waals surface area contributed by atoms with Crippen molar-refractivity contribution in [3.05, 3.63) is 0 Å². The van der Waals surface area contributed by atoms with Gasteiger partial charge in [0.1, 0.15) is 0 Å². The molecular formula is C20H46O5Si2. The average Bonchev–Trinajstić information content (AvgIpc) is 2.71. The Kier molecular flexibility index (Phi) is 17.3. The second-order valence-electron chi connectivity index (χ2n) is 7.36. The Hall–Kier alpha value is 0.234. The standard InChI is InChI=1S/C20H46O5Si2/c1-7-9-11-13-15-17-19-26(21-3,20-18-16-14-12-10-8-2)25-27(22-4,23-5)24-6/h7-20H2,1-6H3. The highest BCUT2D eigenvalue weighted by atomic mass is 28.5. The van der Waals surface area contributed by atoms with Gasteiger partial charge in [-0.05, 0) is 12.1 Å². The van der Waals surface area contributed by atoms with E-state index in [4.69, 9.17) is 21.8 Å². The van der Waals surface area contributed by atoms with Crippen LogP contribution in [0.1, 0.15) is 90.9 Å². The van der Waals surface area contributed by atoms with E-state index in [9.17, 15) is 0 Å². The van der Waals surface area contributed by atoms with Gasteiger partial charge in [0.15, 0.2) is 0 Å². The Morgan fingerprint density at radius 2 is 0.852 bits per heavy atom. The zero-order valence-electron chi connectivity index (χ0n) is 18.9. The van der Waals surface area contributed by atoms with Gasteiger partial charge in [-0.2, -0.15) is 0 Å². The summed E-state index contributed by atoms with van der Waals surface area (Å²) in [5, 5.41) is 0. The molecule has 0 spiro atoms. The molecule has 0 saturated carbocycles. The molecule has 0 heterocycles. The van der Waals surface area contributed by atoms with Crippen molar-refractivity contribution < 1.29 is 21.8 Å². The smallest absolute Gasteiger partial charge is 0.398 e. The summed E-state index contributed by atoms with van der Waals surface area (Å²) in [4.78, 5) is 0. The zero-order chi connectivity index (χ0) is 20.4. The van der Waals surface area contributed by atoms with Crippen molar-refractivity contribution in [2.45, 2.75) is 103 Å². The molecular weight excluding hydrogens is 376 g/mol. The zero-order valence-corrected chi connectivity index (χ0v) is 20.9. The van der Waals surface area contributed by atoms with Gasteiger partial charge in [-0.15, -0.1) is 0 Å². The number of unbranched alkanes of at least 4 members (excludes halogenated alkanes) is 10. The highest BCUT2D eigenvalue weighted by Crippen LogP contribution is 2.29. The Morgan fingerprint density at radius 1 is 0.481 bits per heavy atom. The quantitative estimate of drug-likeness (QED) is 0.173. The Bertz CT molecular complexity index is 303. The average molecular weight is 423 g/mol. The first-order valence-corrected chi connectivity index (χ1v) is 14.8. The van der Waals surface area contributed by atoms with E-state index in [1.165, 1.54) is 64.2 Å². The lowest BCUT2D eigenvalue weighted by Gasteiger charge is -2.36. The molecule has 0 rings (SSSR count). The summed E-state index contributed by atoms with van der Waals surface area (Å²) >= 11 is 0. The largest absolute Gasteiger partial charge is 0.669 e. The molecule has 0 fully saturated rings. The van der Waals surface area contributed by atoms with E-state index >= 15 is 0 Å². The van der Waals surface area contributed by atoms with Crippen LogP contribution in [0.15, 0.2) is 0 Å². The van der Waals surface area contributed by atoms with Crippen LogP contribution in [0.25, 0.3) is 0 Å². The summed E-state index contributed by atoms with van der Waals surface area (Å²) in [7, 11) is 1.08. The van der Waals surface area contributed by atoms with Crippen LogP contribution in [0.3, 0.4) is 0 Å². The van der Waals surface area contributed by atoms with Crippen molar-refractivity contribution >= 4 is 17.6 Å². The fourth-order valence-corrected chi connectivity index (χ4v) is 10.1. The fraction of sp³-hybridized carbons (Fsp3) is 1.00. The van der Waals surface area contributed by atoms with Crippen LogP contribution in [-0.2, 0) is 21.8 Å². The van der Waals surface area contributed by atoms with Crippen molar-refractivity contribution in [2.75, 3.05) is 28.4 Å². The van der Waals surface area contributed by atoms with E-state index in [2.05, 4.69) is 13.8 Å². The van der Waals surface area contributed by atoms with Gasteiger partial charge in [0.25, 0.3) is 0 Å². The molecule has 0 unspecified atom stereocenters. The maximum atomic E-state index is 6.47. The summed E-state index contributed by atoms with van der Waals surface area (Å²) in [6.07, 6.45) is 15.2. The fourth-order valence-electron chi connectivity index (χ4n) is 3.42. The van der Waals surface area contributed by atoms with E-state index in [0.717, 1.165) is 24.9 Å². The first kappa shape index (κ1) is 27.2. The highest BCUT2D eigenvalue weighted by molar-refractivity contribution is 6.76. The molecule has 0 saturated heterocycles. The summed E-state index contributed by atoms with van der Waals surface area (Å²) in [5.74, 6) is 0. The monoisotopic (exact) mass is 422 g/mol. The van der Waals surface area contributed by atoms with Crippen LogP contribution >= 0.6 is 0 Å². The molecule has 27 heavy (non-hydrogen) atoms. The number of rotatable bonds is 20. The van der Waals surface area contributed by atoms with E-state index in [-0.39, 0.29) is 0 Å². The van der Waals surface area contributed by atoms with E-state index in [1.807, 2.05) is 0 Å². The van der Waals surface area contributed by atoms with Crippen molar-refractivity contribution in [1.82, 2.24) is 0 Å². The molecule has 7 heteroatoms. The molecule has 0 atom stereocenters. The second-order valence-corrected chi connectivity index (χ2v) is 13.6. The highest BCUT2D eigenvalue weighted by Gasteiger charge is 2.52. The van der Waals surface area contributed by atoms with Gasteiger partial charge in [0, 0.05) is 28.4 Å². The summed E-state index contributed by atoms with van der Waals surface area (Å²) < 4.78 is 29.2. The lowest BCUT2D eigenvalue weighted by molar-refractivity contribution is 0.0354. The summed E-state index contributed by atoms with van der Waals surface area (Å²) in [6, 6.07) is 1.96. The first-order valence-electron chi connectivity index (χ1n) is 11.0. The molecule has 164 valence electrons. The molecule has 0 aliphatic carbocycles. The second kappa shape index (κ2) is 17.1. The Labute approximate surface area is 171 Å². The van der Waals surface area contributed by atoms with Gasteiger partial charge in [0.05, 0.1) is 0 Å². The van der Waals surface area contributed by atoms with Gasteiger partial charge < -0.3 is 21.8 Å². The van der Waals surface area contributed by atoms with Crippen molar-refractivity contribution in [3.8, 4) is 0 Å². The van der Waals surface area contributed by atoms with Crippen molar-refractivity contribution in [1.29, 1.82) is 0 Å². The lowest BCUT2D eigenvalue weighted by Crippen LogP contribution is -2.57. The van der Waals surface area contributed by atoms with Crippen LogP contribution in [-0.4, -0.2) is 46.0 Å². The van der Waals surface area contributed by atoms with Gasteiger partial charge in [-0.25, -0.2) is 0 Å². The number of hydrogen-bond donors (Lipinski definition) is 0. The third-order valence-corrected chi connectivity index (χ3v) is 12.2. The summed E-state index contributed by atoms with van der Waals surface area (Å²) in [5.41, 5.74) is 0. The molecule has 0 aliphatic heterocycles. The van der Waals surface area contributed by atoms with E-state index < -0.39 is 17.6 Å². The predicted molar refractivity (Wildman–Crippen MR) is 117 cm³/mol. The van der Waals surface area contributed by atoms with Crippen molar-refractivity contribution in [3.63, 3.8) is 0 Å². The van der Waals surface area contributed by atoms with E-state index in [1.54, 1.807) is 28.4 Å². The number of hydrogen-bond acceptors (Lipinski definition) is 5. The molecule has 0 aliphatic rings. The van der Waals surface area contributed by atoms with Crippen LogP contribution in [0, 0.1) is 0 Å². The van der Waals surface area contributed by atoms with E-state index in [0.29, 0.717) is 0 Å².